The van der Waals surface area contributed by atoms with Gasteiger partial charge >= 0.3 is 6.03 Å². The fraction of sp³-hybridized carbons (Fsp3) is 0.333. The number of rotatable bonds is 2. The third kappa shape index (κ3) is 2.71. The van der Waals surface area contributed by atoms with Crippen LogP contribution in [0.3, 0.4) is 0 Å². The maximum absolute atomic E-state index is 11.9. The molecule has 18 heavy (non-hydrogen) atoms. The summed E-state index contributed by atoms with van der Waals surface area (Å²) in [5, 5.41) is 14.3. The van der Waals surface area contributed by atoms with Crippen LogP contribution in [0.15, 0.2) is 29.4 Å². The van der Waals surface area contributed by atoms with Gasteiger partial charge in [0.15, 0.2) is 5.84 Å². The number of urea groups is 1. The number of amides is 2. The number of nitrogens with zero attached hydrogens (tertiary/aromatic N) is 2. The molecule has 0 radical (unpaired) electrons. The number of nitrogens with one attached hydrogen (secondary N) is 1. The van der Waals surface area contributed by atoms with Gasteiger partial charge in [0.25, 0.3) is 0 Å². The lowest BCUT2D eigenvalue weighted by molar-refractivity contribution is 0.222. The molecule has 1 aliphatic heterocycles. The lowest BCUT2D eigenvalue weighted by Gasteiger charge is -2.16. The third-order valence-electron chi connectivity index (χ3n) is 2.91. The van der Waals surface area contributed by atoms with Crippen LogP contribution < -0.4 is 11.1 Å². The minimum atomic E-state index is -0.107. The fourth-order valence-electron chi connectivity index (χ4n) is 1.94. The lowest BCUT2D eigenvalue weighted by atomic mass is 10.2. The van der Waals surface area contributed by atoms with Crippen molar-refractivity contribution in [2.75, 3.05) is 18.4 Å². The van der Waals surface area contributed by atoms with Gasteiger partial charge in [0.1, 0.15) is 0 Å². The average Bonchev–Trinajstić information content (AvgIpc) is 2.92. The molecule has 0 bridgehead atoms. The van der Waals surface area contributed by atoms with Gasteiger partial charge in [-0.15, -0.1) is 0 Å². The molecule has 2 rings (SSSR count). The van der Waals surface area contributed by atoms with Crippen LogP contribution in [0.25, 0.3) is 0 Å². The predicted molar refractivity (Wildman–Crippen MR) is 68.8 cm³/mol. The van der Waals surface area contributed by atoms with E-state index in [1.54, 1.807) is 29.2 Å². The molecule has 0 saturated carbocycles. The van der Waals surface area contributed by atoms with E-state index in [-0.39, 0.29) is 11.9 Å². The van der Waals surface area contributed by atoms with Crippen molar-refractivity contribution in [2.45, 2.75) is 12.8 Å². The van der Waals surface area contributed by atoms with Crippen molar-refractivity contribution in [3.63, 3.8) is 0 Å². The van der Waals surface area contributed by atoms with E-state index in [0.29, 0.717) is 11.3 Å². The highest BCUT2D eigenvalue weighted by Crippen LogP contribution is 2.13. The maximum atomic E-state index is 11.9. The molecule has 1 heterocycles. The number of benzene rings is 1. The molecule has 1 aromatic rings. The quantitative estimate of drug-likeness (QED) is 0.320. The van der Waals surface area contributed by atoms with Gasteiger partial charge in [-0.2, -0.15) is 0 Å². The highest BCUT2D eigenvalue weighted by Gasteiger charge is 2.17. The molecule has 4 N–H and O–H groups in total. The Hall–Kier alpha value is -2.24. The predicted octanol–water partition coefficient (Wildman–Crippen LogP) is 1.41. The summed E-state index contributed by atoms with van der Waals surface area (Å²) in [6.07, 6.45) is 2.11. The first-order chi connectivity index (χ1) is 8.70. The SMILES string of the molecule is NC(=NO)c1cccc(NC(=O)N2CCCC2)c1. The van der Waals surface area contributed by atoms with E-state index >= 15 is 0 Å². The molecule has 1 aromatic carbocycles. The summed E-state index contributed by atoms with van der Waals surface area (Å²) < 4.78 is 0. The Morgan fingerprint density at radius 3 is 2.78 bits per heavy atom. The third-order valence-corrected chi connectivity index (χ3v) is 2.91. The number of nitrogens with two attached hydrogens (primary N) is 1. The Labute approximate surface area is 105 Å². The molecule has 6 heteroatoms. The highest BCUT2D eigenvalue weighted by molar-refractivity contribution is 5.99. The molecular weight excluding hydrogens is 232 g/mol. The molecule has 1 aliphatic rings. The molecule has 0 aliphatic carbocycles. The Bertz CT molecular complexity index is 467. The van der Waals surface area contributed by atoms with E-state index in [2.05, 4.69) is 10.5 Å². The molecule has 6 nitrogen and oxygen atoms in total. The number of carbonyl (C=O) groups is 1. The zero-order valence-electron chi connectivity index (χ0n) is 9.97. The number of amidine groups is 1. The van der Waals surface area contributed by atoms with Gasteiger partial charge in [-0.25, -0.2) is 4.79 Å². The summed E-state index contributed by atoms with van der Waals surface area (Å²) in [7, 11) is 0. The summed E-state index contributed by atoms with van der Waals surface area (Å²) in [5.74, 6) is 0.0206. The van der Waals surface area contributed by atoms with Crippen molar-refractivity contribution in [3.8, 4) is 0 Å². The van der Waals surface area contributed by atoms with E-state index in [9.17, 15) is 4.79 Å². The second-order valence-corrected chi connectivity index (χ2v) is 4.19. The Morgan fingerprint density at radius 2 is 2.11 bits per heavy atom. The van der Waals surface area contributed by atoms with Gasteiger partial charge < -0.3 is 21.2 Å². The molecular formula is C12H16N4O2. The van der Waals surface area contributed by atoms with Gasteiger partial charge in [-0.05, 0) is 25.0 Å². The van der Waals surface area contributed by atoms with E-state index in [1.165, 1.54) is 0 Å². The number of carbonyl (C=O) groups excluding carboxylic acids is 1. The standard InChI is InChI=1S/C12H16N4O2/c13-11(15-18)9-4-3-5-10(8-9)14-12(17)16-6-1-2-7-16/h3-5,8,18H,1-2,6-7H2,(H2,13,15)(H,14,17). The minimum absolute atomic E-state index is 0.0206. The van der Waals surface area contributed by atoms with Gasteiger partial charge in [-0.1, -0.05) is 17.3 Å². The smallest absolute Gasteiger partial charge is 0.321 e. The minimum Gasteiger partial charge on any atom is -0.409 e. The van der Waals surface area contributed by atoms with Crippen LogP contribution in [-0.4, -0.2) is 35.1 Å². The van der Waals surface area contributed by atoms with Crippen LogP contribution in [0.5, 0.6) is 0 Å². The normalized spacial score (nSPS) is 15.8. The molecule has 0 atom stereocenters. The summed E-state index contributed by atoms with van der Waals surface area (Å²) in [4.78, 5) is 13.6. The molecule has 0 aromatic heterocycles. The largest absolute Gasteiger partial charge is 0.409 e. The summed E-state index contributed by atoms with van der Waals surface area (Å²) in [5.41, 5.74) is 6.69. The molecule has 1 fully saturated rings. The number of likely N-dealkylation sites (tertiary alicyclic amines) is 1. The molecule has 0 unspecified atom stereocenters. The van der Waals surface area contributed by atoms with Crippen molar-refractivity contribution in [3.05, 3.63) is 29.8 Å². The fourth-order valence-corrected chi connectivity index (χ4v) is 1.94. The number of hydrogen-bond acceptors (Lipinski definition) is 3. The Morgan fingerprint density at radius 1 is 1.39 bits per heavy atom. The number of hydrogen-bond donors (Lipinski definition) is 3. The monoisotopic (exact) mass is 248 g/mol. The van der Waals surface area contributed by atoms with Crippen molar-refractivity contribution in [1.82, 2.24) is 4.90 Å². The van der Waals surface area contributed by atoms with Crippen LogP contribution in [0.4, 0.5) is 10.5 Å². The molecule has 1 saturated heterocycles. The van der Waals surface area contributed by atoms with Crippen LogP contribution in [0.2, 0.25) is 0 Å². The van der Waals surface area contributed by atoms with Gasteiger partial charge in [0.05, 0.1) is 0 Å². The van der Waals surface area contributed by atoms with E-state index in [1.807, 2.05) is 0 Å². The summed E-state index contributed by atoms with van der Waals surface area (Å²) in [6.45, 7) is 1.59. The van der Waals surface area contributed by atoms with Crippen molar-refractivity contribution in [1.29, 1.82) is 0 Å². The van der Waals surface area contributed by atoms with Crippen molar-refractivity contribution < 1.29 is 10.0 Å². The topological polar surface area (TPSA) is 91.0 Å². The van der Waals surface area contributed by atoms with Crippen LogP contribution in [0.1, 0.15) is 18.4 Å². The van der Waals surface area contributed by atoms with Gasteiger partial charge in [-0.3, -0.25) is 0 Å². The van der Waals surface area contributed by atoms with Gasteiger partial charge in [0.2, 0.25) is 0 Å². The zero-order valence-corrected chi connectivity index (χ0v) is 9.97. The number of oxime groups is 1. The average molecular weight is 248 g/mol. The highest BCUT2D eigenvalue weighted by atomic mass is 16.4. The maximum Gasteiger partial charge on any atom is 0.321 e. The first kappa shape index (κ1) is 12.2. The first-order valence-electron chi connectivity index (χ1n) is 5.84. The Kier molecular flexibility index (Phi) is 3.66. The van der Waals surface area contributed by atoms with Crippen LogP contribution in [-0.2, 0) is 0 Å². The first-order valence-corrected chi connectivity index (χ1v) is 5.84. The Balaban J connectivity index is 2.07. The molecule has 96 valence electrons. The van der Waals surface area contributed by atoms with Gasteiger partial charge in [0, 0.05) is 24.3 Å². The van der Waals surface area contributed by atoms with Crippen molar-refractivity contribution >= 4 is 17.6 Å². The molecule has 0 spiro atoms. The number of anilines is 1. The zero-order chi connectivity index (χ0) is 13.0. The summed E-state index contributed by atoms with van der Waals surface area (Å²) >= 11 is 0. The van der Waals surface area contributed by atoms with Crippen LogP contribution in [0, 0.1) is 0 Å². The van der Waals surface area contributed by atoms with E-state index < -0.39 is 0 Å². The summed E-state index contributed by atoms with van der Waals surface area (Å²) in [6, 6.07) is 6.78. The van der Waals surface area contributed by atoms with Crippen LogP contribution >= 0.6 is 0 Å². The second-order valence-electron chi connectivity index (χ2n) is 4.19. The van der Waals surface area contributed by atoms with E-state index in [0.717, 1.165) is 25.9 Å². The molecule has 2 amide bonds. The lowest BCUT2D eigenvalue weighted by Crippen LogP contribution is -2.32. The second kappa shape index (κ2) is 5.39. The van der Waals surface area contributed by atoms with Crippen molar-refractivity contribution in [2.24, 2.45) is 10.9 Å². The van der Waals surface area contributed by atoms with E-state index in [4.69, 9.17) is 10.9 Å².